The molecule has 3 aromatic rings. The van der Waals surface area contributed by atoms with Gasteiger partial charge in [0.15, 0.2) is 0 Å². The number of nitrogens with zero attached hydrogens (tertiary/aromatic N) is 2. The molecule has 0 aliphatic heterocycles. The Morgan fingerprint density at radius 2 is 1.75 bits per heavy atom. The smallest absolute Gasteiger partial charge is 0.230 e. The van der Waals surface area contributed by atoms with Crippen molar-refractivity contribution in [1.82, 2.24) is 9.78 Å². The molecule has 0 spiro atoms. The summed E-state index contributed by atoms with van der Waals surface area (Å²) in [6.45, 7) is 0.449. The van der Waals surface area contributed by atoms with Crippen molar-refractivity contribution in [2.75, 3.05) is 26.6 Å². The van der Waals surface area contributed by atoms with Gasteiger partial charge in [0.1, 0.15) is 23.1 Å². The molecule has 0 aliphatic rings. The lowest BCUT2D eigenvalue weighted by molar-refractivity contribution is -0.115. The number of ether oxygens (including phenoxy) is 3. The number of benzene rings is 2. The van der Waals surface area contributed by atoms with E-state index < -0.39 is 0 Å². The van der Waals surface area contributed by atoms with Gasteiger partial charge in [-0.3, -0.25) is 4.79 Å². The van der Waals surface area contributed by atoms with Crippen molar-refractivity contribution in [1.29, 1.82) is 0 Å². The van der Waals surface area contributed by atoms with Crippen molar-refractivity contribution in [3.63, 3.8) is 0 Å². The maximum absolute atomic E-state index is 12.5. The molecule has 0 aliphatic carbocycles. The molecule has 0 unspecified atom stereocenters. The zero-order chi connectivity index (χ0) is 19.9. The normalized spacial score (nSPS) is 10.4. The third kappa shape index (κ3) is 4.43. The van der Waals surface area contributed by atoms with Gasteiger partial charge in [-0.15, -0.1) is 0 Å². The van der Waals surface area contributed by atoms with Crippen molar-refractivity contribution in [2.24, 2.45) is 0 Å². The van der Waals surface area contributed by atoms with Crippen LogP contribution >= 0.6 is 0 Å². The predicted octanol–water partition coefficient (Wildman–Crippen LogP) is 3.14. The second-order valence-corrected chi connectivity index (χ2v) is 6.09. The van der Waals surface area contributed by atoms with Crippen LogP contribution in [-0.4, -0.2) is 37.0 Å². The number of carbonyl (C=O) groups excluding carboxylic acids is 1. The summed E-state index contributed by atoms with van der Waals surface area (Å²) in [6.07, 6.45) is 1.86. The third-order valence-electron chi connectivity index (χ3n) is 4.34. The summed E-state index contributed by atoms with van der Waals surface area (Å²) in [5.74, 6) is 2.56. The lowest BCUT2D eigenvalue weighted by Gasteiger charge is -2.13. The Morgan fingerprint density at radius 3 is 2.50 bits per heavy atom. The Labute approximate surface area is 163 Å². The summed E-state index contributed by atoms with van der Waals surface area (Å²) >= 11 is 0. The molecule has 3 rings (SSSR count). The molecule has 1 heterocycles. The van der Waals surface area contributed by atoms with Crippen molar-refractivity contribution >= 4 is 11.7 Å². The van der Waals surface area contributed by atoms with Crippen molar-refractivity contribution in [3.05, 3.63) is 65.9 Å². The average Bonchev–Trinajstić information content (AvgIpc) is 3.15. The first-order valence-corrected chi connectivity index (χ1v) is 8.79. The van der Waals surface area contributed by atoms with Crippen LogP contribution in [0.5, 0.6) is 17.2 Å². The average molecular weight is 381 g/mol. The number of anilines is 1. The highest BCUT2D eigenvalue weighted by atomic mass is 16.5. The van der Waals surface area contributed by atoms with Gasteiger partial charge in [0.05, 0.1) is 40.5 Å². The largest absolute Gasteiger partial charge is 0.497 e. The number of amides is 1. The lowest BCUT2D eigenvalue weighted by Crippen LogP contribution is -2.18. The number of hydrogen-bond donors (Lipinski definition) is 1. The fourth-order valence-electron chi connectivity index (χ4n) is 2.92. The SMILES string of the molecule is COc1ccc(Cn2nccc2NC(=O)Cc2ccccc2OC)c(OC)c1. The minimum atomic E-state index is -0.145. The van der Waals surface area contributed by atoms with E-state index in [9.17, 15) is 4.79 Å². The maximum atomic E-state index is 12.5. The van der Waals surface area contributed by atoms with Crippen LogP contribution in [0.1, 0.15) is 11.1 Å². The number of methoxy groups -OCH3 is 3. The standard InChI is InChI=1S/C21H23N3O4/c1-26-17-9-8-16(19(13-17)28-3)14-24-20(10-11-22-24)23-21(25)12-15-6-4-5-7-18(15)27-2/h4-11,13H,12,14H2,1-3H3,(H,23,25). The summed E-state index contributed by atoms with van der Waals surface area (Å²) in [7, 11) is 4.81. The highest BCUT2D eigenvalue weighted by molar-refractivity contribution is 5.91. The number of para-hydroxylation sites is 1. The quantitative estimate of drug-likeness (QED) is 0.649. The van der Waals surface area contributed by atoms with E-state index in [0.29, 0.717) is 29.6 Å². The van der Waals surface area contributed by atoms with Gasteiger partial charge in [-0.05, 0) is 18.2 Å². The second-order valence-electron chi connectivity index (χ2n) is 6.09. The van der Waals surface area contributed by atoms with Crippen molar-refractivity contribution in [3.8, 4) is 17.2 Å². The molecule has 0 saturated heterocycles. The lowest BCUT2D eigenvalue weighted by atomic mass is 10.1. The molecule has 0 fully saturated rings. The summed E-state index contributed by atoms with van der Waals surface area (Å²) in [6, 6.07) is 14.8. The number of rotatable bonds is 8. The van der Waals surface area contributed by atoms with E-state index in [1.54, 1.807) is 38.3 Å². The summed E-state index contributed by atoms with van der Waals surface area (Å²) < 4.78 is 17.7. The minimum absolute atomic E-state index is 0.145. The van der Waals surface area contributed by atoms with E-state index >= 15 is 0 Å². The van der Waals surface area contributed by atoms with Gasteiger partial charge in [0, 0.05) is 23.3 Å². The van der Waals surface area contributed by atoms with Crippen LogP contribution in [0.15, 0.2) is 54.7 Å². The van der Waals surface area contributed by atoms with Gasteiger partial charge in [0.2, 0.25) is 5.91 Å². The molecule has 1 amide bonds. The number of nitrogens with one attached hydrogen (secondary N) is 1. The zero-order valence-corrected chi connectivity index (χ0v) is 16.1. The fourth-order valence-corrected chi connectivity index (χ4v) is 2.92. The Morgan fingerprint density at radius 1 is 0.964 bits per heavy atom. The van der Waals surface area contributed by atoms with Crippen LogP contribution in [0.4, 0.5) is 5.82 Å². The molecular formula is C21H23N3O4. The van der Waals surface area contributed by atoms with Gasteiger partial charge in [-0.25, -0.2) is 4.68 Å². The van der Waals surface area contributed by atoms with Crippen molar-refractivity contribution in [2.45, 2.75) is 13.0 Å². The molecule has 1 aromatic heterocycles. The van der Waals surface area contributed by atoms with Gasteiger partial charge < -0.3 is 19.5 Å². The fraction of sp³-hybridized carbons (Fsp3) is 0.238. The third-order valence-corrected chi connectivity index (χ3v) is 4.34. The molecule has 7 heteroatoms. The number of aromatic nitrogens is 2. The molecule has 28 heavy (non-hydrogen) atoms. The molecule has 0 bridgehead atoms. The topological polar surface area (TPSA) is 74.6 Å². The van der Waals surface area contributed by atoms with E-state index in [1.165, 1.54) is 0 Å². The first-order chi connectivity index (χ1) is 13.6. The molecule has 7 nitrogen and oxygen atoms in total. The Balaban J connectivity index is 1.73. The van der Waals surface area contributed by atoms with Gasteiger partial charge in [0.25, 0.3) is 0 Å². The Kier molecular flexibility index (Phi) is 6.16. The molecule has 1 N–H and O–H groups in total. The molecule has 0 saturated carbocycles. The van der Waals surface area contributed by atoms with E-state index in [2.05, 4.69) is 10.4 Å². The molecule has 0 atom stereocenters. The summed E-state index contributed by atoms with van der Waals surface area (Å²) in [5, 5.41) is 7.22. The van der Waals surface area contributed by atoms with E-state index in [1.807, 2.05) is 42.5 Å². The molecule has 0 radical (unpaired) electrons. The molecule has 146 valence electrons. The Hall–Kier alpha value is -3.48. The van der Waals surface area contributed by atoms with Crippen LogP contribution in [0.3, 0.4) is 0 Å². The van der Waals surface area contributed by atoms with Crippen LogP contribution in [0.2, 0.25) is 0 Å². The maximum Gasteiger partial charge on any atom is 0.230 e. The van der Waals surface area contributed by atoms with Crippen LogP contribution in [-0.2, 0) is 17.8 Å². The molecule has 2 aromatic carbocycles. The van der Waals surface area contributed by atoms with Gasteiger partial charge >= 0.3 is 0 Å². The van der Waals surface area contributed by atoms with E-state index in [4.69, 9.17) is 14.2 Å². The predicted molar refractivity (Wildman–Crippen MR) is 106 cm³/mol. The second kappa shape index (κ2) is 8.94. The Bertz CT molecular complexity index is 952. The van der Waals surface area contributed by atoms with Gasteiger partial charge in [-0.1, -0.05) is 18.2 Å². The van der Waals surface area contributed by atoms with Crippen LogP contribution in [0, 0.1) is 0 Å². The van der Waals surface area contributed by atoms with Crippen molar-refractivity contribution < 1.29 is 19.0 Å². The van der Waals surface area contributed by atoms with E-state index in [-0.39, 0.29) is 12.3 Å². The highest BCUT2D eigenvalue weighted by Crippen LogP contribution is 2.26. The molecular weight excluding hydrogens is 358 g/mol. The first-order valence-electron chi connectivity index (χ1n) is 8.79. The first kappa shape index (κ1) is 19.3. The number of hydrogen-bond acceptors (Lipinski definition) is 5. The summed E-state index contributed by atoms with van der Waals surface area (Å²) in [5.41, 5.74) is 1.75. The zero-order valence-electron chi connectivity index (χ0n) is 16.1. The van der Waals surface area contributed by atoms with Crippen LogP contribution in [0.25, 0.3) is 0 Å². The summed E-state index contributed by atoms with van der Waals surface area (Å²) in [4.78, 5) is 12.5. The monoisotopic (exact) mass is 381 g/mol. The number of carbonyl (C=O) groups is 1. The van der Waals surface area contributed by atoms with E-state index in [0.717, 1.165) is 11.1 Å². The minimum Gasteiger partial charge on any atom is -0.497 e. The van der Waals surface area contributed by atoms with Crippen LogP contribution < -0.4 is 19.5 Å². The highest BCUT2D eigenvalue weighted by Gasteiger charge is 2.13. The van der Waals surface area contributed by atoms with Gasteiger partial charge in [-0.2, -0.15) is 5.10 Å².